The van der Waals surface area contributed by atoms with Crippen LogP contribution in [-0.2, 0) is 6.54 Å². The molecule has 0 bridgehead atoms. The molecule has 3 heterocycles. The van der Waals surface area contributed by atoms with Gasteiger partial charge in [0.1, 0.15) is 22.7 Å². The molecule has 1 amide bonds. The minimum atomic E-state index is -0.404. The van der Waals surface area contributed by atoms with E-state index in [2.05, 4.69) is 13.7 Å². The van der Waals surface area contributed by atoms with E-state index in [1.807, 2.05) is 11.0 Å². The number of hydrogen-bond acceptors (Lipinski definition) is 6. The monoisotopic (exact) mass is 437 g/mol. The van der Waals surface area contributed by atoms with Gasteiger partial charge in [-0.25, -0.2) is 9.37 Å². The zero-order valence-corrected chi connectivity index (χ0v) is 17.7. The van der Waals surface area contributed by atoms with E-state index in [1.54, 1.807) is 23.6 Å². The first-order valence-corrected chi connectivity index (χ1v) is 10.9. The average Bonchev–Trinajstić information content (AvgIpc) is 3.24. The van der Waals surface area contributed by atoms with Crippen molar-refractivity contribution in [3.63, 3.8) is 0 Å². The maximum Gasteiger partial charge on any atom is 0.261 e. The number of rotatable bonds is 3. The highest BCUT2D eigenvalue weighted by Crippen LogP contribution is 2.22. The van der Waals surface area contributed by atoms with Crippen molar-refractivity contribution in [1.82, 2.24) is 23.2 Å². The Kier molecular flexibility index (Phi) is 4.97. The molecule has 7 nitrogen and oxygen atoms in total. The van der Waals surface area contributed by atoms with Crippen LogP contribution in [0.2, 0.25) is 0 Å². The number of nitrogens with zero attached hydrogens (tertiary/aromatic N) is 5. The molecule has 0 N–H and O–H groups in total. The summed E-state index contributed by atoms with van der Waals surface area (Å²) in [6.45, 7) is 3.59. The first kappa shape index (κ1) is 19.7. The average molecular weight is 438 g/mol. The molecule has 1 aliphatic heterocycles. The summed E-state index contributed by atoms with van der Waals surface area (Å²) in [6, 6.07) is 9.48. The van der Waals surface area contributed by atoms with Crippen molar-refractivity contribution >= 4 is 39.6 Å². The Labute approximate surface area is 181 Å². The molecule has 0 radical (unpaired) electrons. The Balaban J connectivity index is 1.29. The first-order chi connectivity index (χ1) is 15.0. The predicted molar refractivity (Wildman–Crippen MR) is 117 cm³/mol. The molecule has 4 aromatic rings. The molecular formula is C22H20FN5O2S. The smallest absolute Gasteiger partial charge is 0.261 e. The fraction of sp³-hybridized carbons (Fsp3) is 0.318. The van der Waals surface area contributed by atoms with Crippen LogP contribution in [0.25, 0.3) is 21.9 Å². The summed E-state index contributed by atoms with van der Waals surface area (Å²) >= 11 is 1.14. The molecule has 1 aliphatic rings. The maximum atomic E-state index is 13.5. The van der Waals surface area contributed by atoms with Gasteiger partial charge in [0.2, 0.25) is 0 Å². The van der Waals surface area contributed by atoms with Crippen LogP contribution in [0.3, 0.4) is 0 Å². The third-order valence-electron chi connectivity index (χ3n) is 5.95. The summed E-state index contributed by atoms with van der Waals surface area (Å²) in [7, 11) is 0. The Bertz CT molecular complexity index is 1360. The van der Waals surface area contributed by atoms with Crippen molar-refractivity contribution in [1.29, 1.82) is 0 Å². The van der Waals surface area contributed by atoms with Gasteiger partial charge < -0.3 is 4.90 Å². The van der Waals surface area contributed by atoms with E-state index in [4.69, 9.17) is 0 Å². The van der Waals surface area contributed by atoms with E-state index in [9.17, 15) is 14.0 Å². The summed E-state index contributed by atoms with van der Waals surface area (Å²) in [6.07, 6.45) is 1.61. The molecule has 0 unspecified atom stereocenters. The molecule has 9 heteroatoms. The molecule has 0 atom stereocenters. The lowest BCUT2D eigenvalue weighted by Crippen LogP contribution is -2.40. The SMILES string of the molecule is Cc1nc2cc(F)ccc2c(=O)n1CC1CCN(C(=O)c2ccc3nsnc3c2)CC1. The van der Waals surface area contributed by atoms with Gasteiger partial charge in [-0.05, 0) is 56.0 Å². The van der Waals surface area contributed by atoms with Gasteiger partial charge in [0.15, 0.2) is 0 Å². The highest BCUT2D eigenvalue weighted by atomic mass is 32.1. The Morgan fingerprint density at radius 2 is 1.87 bits per heavy atom. The normalized spacial score (nSPS) is 15.1. The summed E-state index contributed by atoms with van der Waals surface area (Å²) in [5.41, 5.74) is 2.39. The highest BCUT2D eigenvalue weighted by Gasteiger charge is 2.25. The van der Waals surface area contributed by atoms with Crippen molar-refractivity contribution < 1.29 is 9.18 Å². The van der Waals surface area contributed by atoms with Crippen molar-refractivity contribution in [2.45, 2.75) is 26.3 Å². The van der Waals surface area contributed by atoms with E-state index >= 15 is 0 Å². The highest BCUT2D eigenvalue weighted by molar-refractivity contribution is 7.00. The van der Waals surface area contributed by atoms with Crippen LogP contribution < -0.4 is 5.56 Å². The molecule has 2 aromatic heterocycles. The lowest BCUT2D eigenvalue weighted by molar-refractivity contribution is 0.0682. The van der Waals surface area contributed by atoms with E-state index < -0.39 is 5.82 Å². The van der Waals surface area contributed by atoms with Gasteiger partial charge in [-0.2, -0.15) is 8.75 Å². The number of carbonyl (C=O) groups excluding carboxylic acids is 1. The van der Waals surface area contributed by atoms with E-state index in [0.717, 1.165) is 35.6 Å². The molecular weight excluding hydrogens is 417 g/mol. The van der Waals surface area contributed by atoms with Crippen LogP contribution in [0.4, 0.5) is 4.39 Å². The minimum Gasteiger partial charge on any atom is -0.339 e. The predicted octanol–water partition coefficient (Wildman–Crippen LogP) is 3.40. The van der Waals surface area contributed by atoms with Gasteiger partial charge in [0.25, 0.3) is 11.5 Å². The number of piperidine rings is 1. The van der Waals surface area contributed by atoms with Gasteiger partial charge in [-0.3, -0.25) is 14.2 Å². The van der Waals surface area contributed by atoms with Crippen LogP contribution in [-0.4, -0.2) is 42.2 Å². The zero-order chi connectivity index (χ0) is 21.5. The molecule has 158 valence electrons. The number of aryl methyl sites for hydroxylation is 1. The van der Waals surface area contributed by atoms with E-state index in [1.165, 1.54) is 18.2 Å². The molecule has 31 heavy (non-hydrogen) atoms. The summed E-state index contributed by atoms with van der Waals surface area (Å²) in [5.74, 6) is 0.437. The number of amides is 1. The molecule has 1 saturated heterocycles. The lowest BCUT2D eigenvalue weighted by atomic mass is 9.96. The molecule has 5 rings (SSSR count). The topological polar surface area (TPSA) is 81.0 Å². The second kappa shape index (κ2) is 7.81. The number of aromatic nitrogens is 4. The largest absolute Gasteiger partial charge is 0.339 e. The third kappa shape index (κ3) is 3.69. The number of carbonyl (C=O) groups is 1. The van der Waals surface area contributed by atoms with Crippen molar-refractivity contribution in [3.05, 3.63) is 64.0 Å². The van der Waals surface area contributed by atoms with Crippen molar-refractivity contribution in [3.8, 4) is 0 Å². The summed E-state index contributed by atoms with van der Waals surface area (Å²) in [5, 5.41) is 0.423. The number of benzene rings is 2. The number of hydrogen-bond donors (Lipinski definition) is 0. The zero-order valence-electron chi connectivity index (χ0n) is 16.9. The van der Waals surface area contributed by atoms with Gasteiger partial charge >= 0.3 is 0 Å². The fourth-order valence-corrected chi connectivity index (χ4v) is 4.71. The number of halogens is 1. The van der Waals surface area contributed by atoms with Gasteiger partial charge in [-0.15, -0.1) is 0 Å². The second-order valence-corrected chi connectivity index (χ2v) is 8.47. The third-order valence-corrected chi connectivity index (χ3v) is 6.51. The Hall–Kier alpha value is -3.20. The first-order valence-electron chi connectivity index (χ1n) is 10.2. The molecule has 0 saturated carbocycles. The van der Waals surface area contributed by atoms with Crippen LogP contribution in [0.5, 0.6) is 0 Å². The standard InChI is InChI=1S/C22H20FN5O2S/c1-13-24-19-11-16(23)3-4-17(19)22(30)28(13)12-14-6-8-27(9-7-14)21(29)15-2-5-18-20(10-15)26-31-25-18/h2-5,10-11,14H,6-9,12H2,1H3. The van der Waals surface area contributed by atoms with Gasteiger partial charge in [0.05, 0.1) is 22.6 Å². The minimum absolute atomic E-state index is 0.00361. The molecule has 2 aromatic carbocycles. The van der Waals surface area contributed by atoms with E-state index in [-0.39, 0.29) is 17.4 Å². The van der Waals surface area contributed by atoms with Crippen molar-refractivity contribution in [2.75, 3.05) is 13.1 Å². The van der Waals surface area contributed by atoms with Crippen LogP contribution in [0, 0.1) is 18.7 Å². The fourth-order valence-electron chi connectivity index (χ4n) is 4.19. The number of likely N-dealkylation sites (tertiary alicyclic amines) is 1. The lowest BCUT2D eigenvalue weighted by Gasteiger charge is -2.32. The van der Waals surface area contributed by atoms with Crippen LogP contribution >= 0.6 is 11.7 Å². The molecule has 0 spiro atoms. The maximum absolute atomic E-state index is 13.5. The van der Waals surface area contributed by atoms with Crippen LogP contribution in [0.15, 0.2) is 41.2 Å². The Morgan fingerprint density at radius 1 is 1.10 bits per heavy atom. The van der Waals surface area contributed by atoms with Crippen molar-refractivity contribution in [2.24, 2.45) is 5.92 Å². The second-order valence-electron chi connectivity index (χ2n) is 7.94. The summed E-state index contributed by atoms with van der Waals surface area (Å²) in [4.78, 5) is 32.1. The quantitative estimate of drug-likeness (QED) is 0.491. The van der Waals surface area contributed by atoms with Crippen LogP contribution in [0.1, 0.15) is 29.0 Å². The van der Waals surface area contributed by atoms with E-state index in [0.29, 0.717) is 41.9 Å². The van der Waals surface area contributed by atoms with Gasteiger partial charge in [0, 0.05) is 31.3 Å². The summed E-state index contributed by atoms with van der Waals surface area (Å²) < 4.78 is 23.5. The van der Waals surface area contributed by atoms with Gasteiger partial charge in [-0.1, -0.05) is 0 Å². The Morgan fingerprint density at radius 3 is 2.68 bits per heavy atom. The number of fused-ring (bicyclic) bond motifs is 2. The molecule has 1 fully saturated rings. The molecule has 0 aliphatic carbocycles.